The molecule has 0 saturated heterocycles. The summed E-state index contributed by atoms with van der Waals surface area (Å²) in [6, 6.07) is 6.02. The maximum Gasteiger partial charge on any atom is 0.176 e. The summed E-state index contributed by atoms with van der Waals surface area (Å²) in [6.45, 7) is 6.66. The maximum absolute atomic E-state index is 5.60. The lowest BCUT2D eigenvalue weighted by molar-refractivity contribution is 0.338. The summed E-state index contributed by atoms with van der Waals surface area (Å²) in [4.78, 5) is 0. The molecular formula is C14H19NO2. The molecule has 2 rings (SSSR count). The van der Waals surface area contributed by atoms with Crippen LogP contribution in [0.1, 0.15) is 25.8 Å². The summed E-state index contributed by atoms with van der Waals surface area (Å²) in [7, 11) is 0. The second-order valence-corrected chi connectivity index (χ2v) is 4.00. The predicted octanol–water partition coefficient (Wildman–Crippen LogP) is 3.33. The standard InChI is InChI=1S/C14H19NO2/c1-3-8-15-9-11-10-17-14-12(11)6-5-7-13(14)16-4-2/h5-7,10,15H,3-4,8-9H2,1-2H3. The highest BCUT2D eigenvalue weighted by Crippen LogP contribution is 2.29. The van der Waals surface area contributed by atoms with E-state index in [1.807, 2.05) is 25.3 Å². The smallest absolute Gasteiger partial charge is 0.176 e. The molecule has 0 bridgehead atoms. The molecule has 0 saturated carbocycles. The third-order valence-electron chi connectivity index (χ3n) is 2.69. The molecule has 0 fully saturated rings. The fourth-order valence-corrected chi connectivity index (χ4v) is 1.89. The average Bonchev–Trinajstić information content (AvgIpc) is 2.75. The lowest BCUT2D eigenvalue weighted by Gasteiger charge is -2.03. The van der Waals surface area contributed by atoms with Crippen molar-refractivity contribution in [1.29, 1.82) is 0 Å². The number of benzene rings is 1. The Morgan fingerprint density at radius 3 is 2.94 bits per heavy atom. The van der Waals surface area contributed by atoms with E-state index in [0.29, 0.717) is 6.61 Å². The van der Waals surface area contributed by atoms with Gasteiger partial charge in [-0.15, -0.1) is 0 Å². The van der Waals surface area contributed by atoms with Crippen molar-refractivity contribution in [3.05, 3.63) is 30.0 Å². The van der Waals surface area contributed by atoms with Crippen molar-refractivity contribution in [2.45, 2.75) is 26.8 Å². The Morgan fingerprint density at radius 2 is 2.18 bits per heavy atom. The summed E-state index contributed by atoms with van der Waals surface area (Å²) >= 11 is 0. The molecule has 92 valence electrons. The van der Waals surface area contributed by atoms with Gasteiger partial charge in [0.25, 0.3) is 0 Å². The van der Waals surface area contributed by atoms with Crippen LogP contribution in [-0.2, 0) is 6.54 Å². The van der Waals surface area contributed by atoms with Crippen LogP contribution in [0.3, 0.4) is 0 Å². The van der Waals surface area contributed by atoms with Crippen LogP contribution in [0.4, 0.5) is 0 Å². The second kappa shape index (κ2) is 5.73. The SMILES string of the molecule is CCCNCc1coc2c(OCC)cccc12. The van der Waals surface area contributed by atoms with Crippen LogP contribution in [0.2, 0.25) is 0 Å². The predicted molar refractivity (Wildman–Crippen MR) is 69.4 cm³/mol. The summed E-state index contributed by atoms with van der Waals surface area (Å²) in [5.41, 5.74) is 2.04. The van der Waals surface area contributed by atoms with Gasteiger partial charge in [0.05, 0.1) is 12.9 Å². The van der Waals surface area contributed by atoms with E-state index in [-0.39, 0.29) is 0 Å². The first-order valence-electron chi connectivity index (χ1n) is 6.19. The average molecular weight is 233 g/mol. The Bertz CT molecular complexity index is 476. The Labute approximate surface area is 102 Å². The maximum atomic E-state index is 5.60. The van der Waals surface area contributed by atoms with Gasteiger partial charge in [-0.2, -0.15) is 0 Å². The summed E-state index contributed by atoms with van der Waals surface area (Å²) in [5.74, 6) is 0.826. The zero-order valence-electron chi connectivity index (χ0n) is 10.5. The molecule has 0 radical (unpaired) electrons. The fraction of sp³-hybridized carbons (Fsp3) is 0.429. The summed E-state index contributed by atoms with van der Waals surface area (Å²) in [5, 5.41) is 4.52. The van der Waals surface area contributed by atoms with Crippen molar-refractivity contribution in [3.8, 4) is 5.75 Å². The first-order chi connectivity index (χ1) is 8.36. The van der Waals surface area contributed by atoms with E-state index in [0.717, 1.165) is 36.2 Å². The van der Waals surface area contributed by atoms with Crippen molar-refractivity contribution < 1.29 is 9.15 Å². The van der Waals surface area contributed by atoms with Gasteiger partial charge in [0.1, 0.15) is 0 Å². The number of furan rings is 1. The van der Waals surface area contributed by atoms with Gasteiger partial charge >= 0.3 is 0 Å². The molecule has 1 N–H and O–H groups in total. The first-order valence-corrected chi connectivity index (χ1v) is 6.19. The number of hydrogen-bond acceptors (Lipinski definition) is 3. The minimum atomic E-state index is 0.656. The Hall–Kier alpha value is -1.48. The number of para-hydroxylation sites is 1. The molecule has 1 heterocycles. The molecular weight excluding hydrogens is 214 g/mol. The van der Waals surface area contributed by atoms with Gasteiger partial charge in [0.2, 0.25) is 0 Å². The van der Waals surface area contributed by atoms with E-state index >= 15 is 0 Å². The number of rotatable bonds is 6. The van der Waals surface area contributed by atoms with E-state index in [2.05, 4.69) is 18.3 Å². The zero-order valence-corrected chi connectivity index (χ0v) is 10.5. The molecule has 0 aliphatic carbocycles. The van der Waals surface area contributed by atoms with E-state index in [1.165, 1.54) is 5.56 Å². The number of ether oxygens (including phenoxy) is 1. The Balaban J connectivity index is 2.24. The second-order valence-electron chi connectivity index (χ2n) is 4.00. The first kappa shape index (κ1) is 12.0. The molecule has 2 aromatic rings. The van der Waals surface area contributed by atoms with Crippen LogP contribution in [-0.4, -0.2) is 13.2 Å². The van der Waals surface area contributed by atoms with Crippen LogP contribution in [0.5, 0.6) is 5.75 Å². The van der Waals surface area contributed by atoms with Crippen molar-refractivity contribution in [2.24, 2.45) is 0 Å². The molecule has 0 aliphatic heterocycles. The third-order valence-corrected chi connectivity index (χ3v) is 2.69. The van der Waals surface area contributed by atoms with E-state index in [4.69, 9.17) is 9.15 Å². The third kappa shape index (κ3) is 2.61. The highest BCUT2D eigenvalue weighted by atomic mass is 16.5. The van der Waals surface area contributed by atoms with Gasteiger partial charge in [-0.05, 0) is 26.0 Å². The van der Waals surface area contributed by atoms with Crippen molar-refractivity contribution >= 4 is 11.0 Å². The number of fused-ring (bicyclic) bond motifs is 1. The fourth-order valence-electron chi connectivity index (χ4n) is 1.89. The number of hydrogen-bond donors (Lipinski definition) is 1. The molecule has 0 aliphatic rings. The minimum Gasteiger partial charge on any atom is -0.490 e. The molecule has 1 aromatic heterocycles. The van der Waals surface area contributed by atoms with Crippen LogP contribution >= 0.6 is 0 Å². The van der Waals surface area contributed by atoms with E-state index in [9.17, 15) is 0 Å². The Morgan fingerprint density at radius 1 is 1.29 bits per heavy atom. The molecule has 0 unspecified atom stereocenters. The highest BCUT2D eigenvalue weighted by molar-refractivity contribution is 5.86. The minimum absolute atomic E-state index is 0.656. The van der Waals surface area contributed by atoms with Crippen molar-refractivity contribution in [3.63, 3.8) is 0 Å². The number of nitrogens with one attached hydrogen (secondary N) is 1. The summed E-state index contributed by atoms with van der Waals surface area (Å²) in [6.07, 6.45) is 2.95. The van der Waals surface area contributed by atoms with E-state index < -0.39 is 0 Å². The van der Waals surface area contributed by atoms with Gasteiger partial charge < -0.3 is 14.5 Å². The zero-order chi connectivity index (χ0) is 12.1. The molecule has 0 amide bonds. The molecule has 3 nitrogen and oxygen atoms in total. The Kier molecular flexibility index (Phi) is 4.04. The quantitative estimate of drug-likeness (QED) is 0.777. The normalized spacial score (nSPS) is 10.9. The molecule has 3 heteroatoms. The highest BCUT2D eigenvalue weighted by Gasteiger charge is 2.09. The monoisotopic (exact) mass is 233 g/mol. The molecule has 0 spiro atoms. The van der Waals surface area contributed by atoms with Crippen LogP contribution in [0.15, 0.2) is 28.9 Å². The van der Waals surface area contributed by atoms with Gasteiger partial charge in [-0.3, -0.25) is 0 Å². The molecule has 0 atom stereocenters. The molecule has 17 heavy (non-hydrogen) atoms. The lowest BCUT2D eigenvalue weighted by atomic mass is 10.1. The van der Waals surface area contributed by atoms with Crippen LogP contribution in [0.25, 0.3) is 11.0 Å². The summed E-state index contributed by atoms with van der Waals surface area (Å²) < 4.78 is 11.1. The van der Waals surface area contributed by atoms with Gasteiger partial charge in [0.15, 0.2) is 11.3 Å². The van der Waals surface area contributed by atoms with E-state index in [1.54, 1.807) is 0 Å². The molecule has 1 aromatic carbocycles. The van der Waals surface area contributed by atoms with Gasteiger partial charge in [0, 0.05) is 17.5 Å². The lowest BCUT2D eigenvalue weighted by Crippen LogP contribution is -2.13. The largest absolute Gasteiger partial charge is 0.490 e. The van der Waals surface area contributed by atoms with Crippen LogP contribution in [0, 0.1) is 0 Å². The topological polar surface area (TPSA) is 34.4 Å². The van der Waals surface area contributed by atoms with Gasteiger partial charge in [-0.25, -0.2) is 0 Å². The van der Waals surface area contributed by atoms with Crippen molar-refractivity contribution in [2.75, 3.05) is 13.2 Å². The van der Waals surface area contributed by atoms with Gasteiger partial charge in [-0.1, -0.05) is 19.1 Å². The van der Waals surface area contributed by atoms with Crippen LogP contribution < -0.4 is 10.1 Å². The van der Waals surface area contributed by atoms with Crippen molar-refractivity contribution in [1.82, 2.24) is 5.32 Å².